The minimum atomic E-state index is -0.945. The van der Waals surface area contributed by atoms with Gasteiger partial charge in [-0.15, -0.1) is 0 Å². The fraction of sp³-hybridized carbons (Fsp3) is 0.222. The van der Waals surface area contributed by atoms with Crippen molar-refractivity contribution in [2.45, 2.75) is 12.7 Å². The van der Waals surface area contributed by atoms with Gasteiger partial charge >= 0.3 is 0 Å². The Morgan fingerprint density at radius 3 is 3.00 bits per heavy atom. The molecule has 1 aromatic rings. The summed E-state index contributed by atoms with van der Waals surface area (Å²) in [6, 6.07) is 6.06. The van der Waals surface area contributed by atoms with Crippen molar-refractivity contribution in [3.63, 3.8) is 0 Å². The number of nitrogens with zero attached hydrogens (tertiary/aromatic N) is 2. The Balaban J connectivity index is 2.29. The second-order valence-electron chi connectivity index (χ2n) is 3.11. The Morgan fingerprint density at radius 2 is 2.40 bits per heavy atom. The molecular formula is C9H8N2O4. The number of hydrogen-bond donors (Lipinski definition) is 1. The molecular weight excluding hydrogens is 200 g/mol. The first kappa shape index (κ1) is 9.60. The molecule has 78 valence electrons. The molecule has 6 heteroatoms. The van der Waals surface area contributed by atoms with Gasteiger partial charge in [0.05, 0.1) is 17.1 Å². The van der Waals surface area contributed by atoms with E-state index in [-0.39, 0.29) is 12.1 Å². The van der Waals surface area contributed by atoms with Gasteiger partial charge in [-0.3, -0.25) is 10.1 Å². The van der Waals surface area contributed by atoms with Crippen molar-refractivity contribution >= 4 is 11.4 Å². The Bertz CT molecular complexity index is 430. The molecule has 1 aromatic carbocycles. The van der Waals surface area contributed by atoms with Gasteiger partial charge in [0, 0.05) is 17.7 Å². The van der Waals surface area contributed by atoms with E-state index in [0.717, 1.165) is 0 Å². The van der Waals surface area contributed by atoms with Crippen LogP contribution in [0.25, 0.3) is 0 Å². The van der Waals surface area contributed by atoms with E-state index >= 15 is 0 Å². The molecule has 0 amide bonds. The normalized spacial score (nSPS) is 19.5. The predicted octanol–water partition coefficient (Wildman–Crippen LogP) is 1.04. The molecule has 1 N–H and O–H groups in total. The number of non-ortho nitro benzene ring substituents is 1. The van der Waals surface area contributed by atoms with Crippen molar-refractivity contribution in [3.8, 4) is 0 Å². The zero-order chi connectivity index (χ0) is 10.8. The van der Waals surface area contributed by atoms with Crippen molar-refractivity contribution in [2.75, 3.05) is 0 Å². The van der Waals surface area contributed by atoms with Crippen molar-refractivity contribution in [1.29, 1.82) is 0 Å². The maximum Gasteiger partial charge on any atom is 0.270 e. The van der Waals surface area contributed by atoms with Gasteiger partial charge in [-0.05, 0) is 0 Å². The number of aliphatic hydroxyl groups excluding tert-OH is 1. The summed E-state index contributed by atoms with van der Waals surface area (Å²) in [7, 11) is 0. The minimum Gasteiger partial charge on any atom is -0.363 e. The highest BCUT2D eigenvalue weighted by molar-refractivity contribution is 6.01. The van der Waals surface area contributed by atoms with E-state index in [1.807, 2.05) is 0 Å². The molecule has 1 aliphatic rings. The number of aliphatic hydroxyl groups is 1. The number of benzene rings is 1. The number of nitro groups is 1. The van der Waals surface area contributed by atoms with Crippen LogP contribution in [-0.4, -0.2) is 22.0 Å². The summed E-state index contributed by atoms with van der Waals surface area (Å²) in [5.41, 5.74) is 1.11. The first-order valence-electron chi connectivity index (χ1n) is 4.32. The van der Waals surface area contributed by atoms with E-state index in [0.29, 0.717) is 11.3 Å². The van der Waals surface area contributed by atoms with Gasteiger partial charge in [-0.25, -0.2) is 0 Å². The maximum absolute atomic E-state index is 10.5. The SMILES string of the molecule is O=[N+]([O-])c1cccc(C2=NOC(O)C2)c1. The third-order valence-corrected chi connectivity index (χ3v) is 2.04. The lowest BCUT2D eigenvalue weighted by molar-refractivity contribution is -0.384. The van der Waals surface area contributed by atoms with Crippen LogP contribution < -0.4 is 0 Å². The quantitative estimate of drug-likeness (QED) is 0.581. The first-order valence-corrected chi connectivity index (χ1v) is 4.32. The Morgan fingerprint density at radius 1 is 1.60 bits per heavy atom. The lowest BCUT2D eigenvalue weighted by Crippen LogP contribution is -2.06. The van der Waals surface area contributed by atoms with Crippen LogP contribution in [0.3, 0.4) is 0 Å². The van der Waals surface area contributed by atoms with Gasteiger partial charge in [0.25, 0.3) is 5.69 Å². The van der Waals surface area contributed by atoms with Crippen LogP contribution in [0.2, 0.25) is 0 Å². The van der Waals surface area contributed by atoms with E-state index in [4.69, 9.17) is 5.11 Å². The molecule has 0 saturated carbocycles. The van der Waals surface area contributed by atoms with Crippen LogP contribution >= 0.6 is 0 Å². The molecule has 0 aliphatic carbocycles. The van der Waals surface area contributed by atoms with Crippen LogP contribution in [0, 0.1) is 10.1 Å². The van der Waals surface area contributed by atoms with Crippen LogP contribution in [-0.2, 0) is 4.84 Å². The Labute approximate surface area is 84.9 Å². The molecule has 2 rings (SSSR count). The van der Waals surface area contributed by atoms with Gasteiger partial charge < -0.3 is 9.94 Å². The average Bonchev–Trinajstić information content (AvgIpc) is 2.65. The third kappa shape index (κ3) is 1.94. The van der Waals surface area contributed by atoms with E-state index in [1.54, 1.807) is 12.1 Å². The van der Waals surface area contributed by atoms with Crippen molar-refractivity contribution in [1.82, 2.24) is 0 Å². The summed E-state index contributed by atoms with van der Waals surface area (Å²) in [6.45, 7) is 0. The molecule has 0 bridgehead atoms. The van der Waals surface area contributed by atoms with E-state index < -0.39 is 11.2 Å². The van der Waals surface area contributed by atoms with Gasteiger partial charge in [0.2, 0.25) is 6.29 Å². The molecule has 6 nitrogen and oxygen atoms in total. The second kappa shape index (κ2) is 3.66. The molecule has 1 heterocycles. The molecule has 0 fully saturated rings. The van der Waals surface area contributed by atoms with Crippen molar-refractivity contribution < 1.29 is 14.9 Å². The largest absolute Gasteiger partial charge is 0.363 e. The van der Waals surface area contributed by atoms with E-state index in [2.05, 4.69) is 9.99 Å². The fourth-order valence-electron chi connectivity index (χ4n) is 1.33. The molecule has 15 heavy (non-hydrogen) atoms. The maximum atomic E-state index is 10.5. The van der Waals surface area contributed by atoms with E-state index in [1.165, 1.54) is 12.1 Å². The minimum absolute atomic E-state index is 0.00316. The number of rotatable bonds is 2. The molecule has 0 spiro atoms. The van der Waals surface area contributed by atoms with Gasteiger partial charge in [0.1, 0.15) is 0 Å². The second-order valence-corrected chi connectivity index (χ2v) is 3.11. The number of nitro benzene ring substituents is 1. The van der Waals surface area contributed by atoms with Crippen molar-refractivity contribution in [3.05, 3.63) is 39.9 Å². The van der Waals surface area contributed by atoms with Crippen LogP contribution in [0.5, 0.6) is 0 Å². The molecule has 0 radical (unpaired) electrons. The number of hydrogen-bond acceptors (Lipinski definition) is 5. The molecule has 1 aliphatic heterocycles. The summed E-state index contributed by atoms with van der Waals surface area (Å²) < 4.78 is 0. The Hall–Kier alpha value is -1.95. The zero-order valence-electron chi connectivity index (χ0n) is 7.66. The summed E-state index contributed by atoms with van der Waals surface area (Å²) in [5.74, 6) is 0. The van der Waals surface area contributed by atoms with Gasteiger partial charge in [0.15, 0.2) is 0 Å². The van der Waals surface area contributed by atoms with Gasteiger partial charge in [-0.2, -0.15) is 0 Å². The summed E-state index contributed by atoms with van der Waals surface area (Å²) in [5, 5.41) is 23.2. The van der Waals surface area contributed by atoms with Crippen LogP contribution in [0.1, 0.15) is 12.0 Å². The highest BCUT2D eigenvalue weighted by Gasteiger charge is 2.20. The molecule has 0 saturated heterocycles. The highest BCUT2D eigenvalue weighted by atomic mass is 16.7. The van der Waals surface area contributed by atoms with Gasteiger partial charge in [-0.1, -0.05) is 17.3 Å². The standard InChI is InChI=1S/C9H8N2O4/c12-9-5-8(10-15-9)6-2-1-3-7(4-6)11(13)14/h1-4,9,12H,5H2. The fourth-order valence-corrected chi connectivity index (χ4v) is 1.33. The van der Waals surface area contributed by atoms with Crippen molar-refractivity contribution in [2.24, 2.45) is 5.16 Å². The number of oxime groups is 1. The molecule has 1 atom stereocenters. The van der Waals surface area contributed by atoms with E-state index in [9.17, 15) is 10.1 Å². The molecule has 1 unspecified atom stereocenters. The smallest absolute Gasteiger partial charge is 0.270 e. The zero-order valence-corrected chi connectivity index (χ0v) is 7.66. The monoisotopic (exact) mass is 208 g/mol. The Kier molecular flexibility index (Phi) is 2.34. The average molecular weight is 208 g/mol. The predicted molar refractivity (Wildman–Crippen MR) is 51.3 cm³/mol. The lowest BCUT2D eigenvalue weighted by Gasteiger charge is -1.98. The molecule has 0 aromatic heterocycles. The third-order valence-electron chi connectivity index (χ3n) is 2.04. The topological polar surface area (TPSA) is 85.0 Å². The lowest BCUT2D eigenvalue weighted by atomic mass is 10.1. The van der Waals surface area contributed by atoms with Crippen LogP contribution in [0.15, 0.2) is 29.4 Å². The van der Waals surface area contributed by atoms with Crippen LogP contribution in [0.4, 0.5) is 5.69 Å². The summed E-state index contributed by atoms with van der Waals surface area (Å²) in [4.78, 5) is 14.6. The summed E-state index contributed by atoms with van der Waals surface area (Å²) >= 11 is 0. The summed E-state index contributed by atoms with van der Waals surface area (Å²) in [6.07, 6.45) is -0.694. The highest BCUT2D eigenvalue weighted by Crippen LogP contribution is 2.19. The first-order chi connectivity index (χ1) is 7.16.